The van der Waals surface area contributed by atoms with Gasteiger partial charge in [-0.2, -0.15) is 0 Å². The molecule has 2 heterocycles. The summed E-state index contributed by atoms with van der Waals surface area (Å²) in [5, 5.41) is 13.4. The van der Waals surface area contributed by atoms with E-state index in [9.17, 15) is 0 Å². The third kappa shape index (κ3) is 4.86. The molecule has 0 radical (unpaired) electrons. The van der Waals surface area contributed by atoms with Crippen molar-refractivity contribution in [3.8, 4) is 16.3 Å². The predicted octanol–water partition coefficient (Wildman–Crippen LogP) is 6.25. The van der Waals surface area contributed by atoms with E-state index in [-0.39, 0.29) is 0 Å². The number of rotatable bonds is 8. The summed E-state index contributed by atoms with van der Waals surface area (Å²) in [6.07, 6.45) is 0. The minimum absolute atomic E-state index is 0.358. The Morgan fingerprint density at radius 1 is 1.10 bits per heavy atom. The van der Waals surface area contributed by atoms with Crippen LogP contribution in [-0.2, 0) is 18.9 Å². The molecule has 0 atom stereocenters. The maximum absolute atomic E-state index is 5.92. The molecule has 0 aliphatic carbocycles. The van der Waals surface area contributed by atoms with Gasteiger partial charge in [-0.3, -0.25) is 0 Å². The Hall–Kier alpha value is -2.35. The normalized spacial score (nSPS) is 11.0. The van der Waals surface area contributed by atoms with E-state index in [0.29, 0.717) is 11.6 Å². The fourth-order valence-corrected chi connectivity index (χ4v) is 5.03. The summed E-state index contributed by atoms with van der Waals surface area (Å²) in [4.78, 5) is 4.81. The van der Waals surface area contributed by atoms with Crippen molar-refractivity contribution in [2.45, 2.75) is 37.9 Å². The first-order chi connectivity index (χ1) is 14.6. The van der Waals surface area contributed by atoms with E-state index in [1.54, 1.807) is 23.1 Å². The highest BCUT2D eigenvalue weighted by Crippen LogP contribution is 2.29. The lowest BCUT2D eigenvalue weighted by atomic mass is 10.1. The SMILES string of the molecule is CCn1c(COc2ccc(Cl)cc2)nnc1SCc1csc(-c2ccccc2C)n1. The second kappa shape index (κ2) is 9.64. The third-order valence-corrected chi connectivity index (χ3v) is 6.74. The largest absolute Gasteiger partial charge is 0.486 e. The van der Waals surface area contributed by atoms with Gasteiger partial charge in [0.1, 0.15) is 17.4 Å². The van der Waals surface area contributed by atoms with Crippen molar-refractivity contribution < 1.29 is 4.74 Å². The molecule has 0 spiro atoms. The first kappa shape index (κ1) is 20.9. The summed E-state index contributed by atoms with van der Waals surface area (Å²) in [6.45, 7) is 5.33. The summed E-state index contributed by atoms with van der Waals surface area (Å²) in [5.41, 5.74) is 3.48. The molecule has 4 aromatic rings. The van der Waals surface area contributed by atoms with Crippen LogP contribution in [0.15, 0.2) is 59.1 Å². The fraction of sp³-hybridized carbons (Fsp3) is 0.227. The molecule has 0 fully saturated rings. The summed E-state index contributed by atoms with van der Waals surface area (Å²) in [5.74, 6) is 2.30. The zero-order valence-electron chi connectivity index (χ0n) is 16.7. The first-order valence-electron chi connectivity index (χ1n) is 9.57. The summed E-state index contributed by atoms with van der Waals surface area (Å²) >= 11 is 9.24. The molecular weight excluding hydrogens is 436 g/mol. The summed E-state index contributed by atoms with van der Waals surface area (Å²) < 4.78 is 7.91. The zero-order valence-corrected chi connectivity index (χ0v) is 19.1. The van der Waals surface area contributed by atoms with Crippen molar-refractivity contribution in [3.05, 3.63) is 76.0 Å². The first-order valence-corrected chi connectivity index (χ1v) is 11.8. The molecule has 8 heteroatoms. The quantitative estimate of drug-likeness (QED) is 0.293. The number of ether oxygens (including phenoxy) is 1. The molecule has 0 saturated heterocycles. The number of aryl methyl sites for hydroxylation is 1. The number of thioether (sulfide) groups is 1. The highest BCUT2D eigenvalue weighted by molar-refractivity contribution is 7.98. The van der Waals surface area contributed by atoms with Crippen LogP contribution >= 0.6 is 34.7 Å². The van der Waals surface area contributed by atoms with Crippen molar-refractivity contribution in [1.82, 2.24) is 19.7 Å². The van der Waals surface area contributed by atoms with Gasteiger partial charge in [-0.15, -0.1) is 21.5 Å². The van der Waals surface area contributed by atoms with Crippen LogP contribution in [0.1, 0.15) is 24.0 Å². The van der Waals surface area contributed by atoms with Gasteiger partial charge in [-0.1, -0.05) is 47.6 Å². The molecule has 0 aliphatic heterocycles. The number of nitrogens with zero attached hydrogens (tertiary/aromatic N) is 4. The monoisotopic (exact) mass is 456 g/mol. The van der Waals surface area contributed by atoms with Crippen molar-refractivity contribution in [1.29, 1.82) is 0 Å². The minimum Gasteiger partial charge on any atom is -0.486 e. The van der Waals surface area contributed by atoms with Gasteiger partial charge in [0.2, 0.25) is 0 Å². The minimum atomic E-state index is 0.358. The molecule has 4 rings (SSSR count). The molecule has 2 aromatic heterocycles. The summed E-state index contributed by atoms with van der Waals surface area (Å²) in [7, 11) is 0. The van der Waals surface area contributed by atoms with Crippen LogP contribution in [0.4, 0.5) is 0 Å². The van der Waals surface area contributed by atoms with Gasteiger partial charge in [-0.05, 0) is 43.7 Å². The number of benzene rings is 2. The Morgan fingerprint density at radius 3 is 2.67 bits per heavy atom. The smallest absolute Gasteiger partial charge is 0.191 e. The molecule has 0 amide bonds. The maximum atomic E-state index is 5.92. The van der Waals surface area contributed by atoms with Gasteiger partial charge < -0.3 is 9.30 Å². The highest BCUT2D eigenvalue weighted by atomic mass is 35.5. The molecule has 0 unspecified atom stereocenters. The Kier molecular flexibility index (Phi) is 6.72. The van der Waals surface area contributed by atoms with Crippen LogP contribution in [0.25, 0.3) is 10.6 Å². The molecule has 2 aromatic carbocycles. The molecule has 30 heavy (non-hydrogen) atoms. The molecule has 0 saturated carbocycles. The van der Waals surface area contributed by atoms with E-state index in [0.717, 1.165) is 39.7 Å². The van der Waals surface area contributed by atoms with E-state index in [4.69, 9.17) is 21.3 Å². The maximum Gasteiger partial charge on any atom is 0.191 e. The predicted molar refractivity (Wildman–Crippen MR) is 123 cm³/mol. The van der Waals surface area contributed by atoms with E-state index in [1.807, 2.05) is 24.3 Å². The van der Waals surface area contributed by atoms with E-state index >= 15 is 0 Å². The van der Waals surface area contributed by atoms with E-state index < -0.39 is 0 Å². The number of hydrogen-bond acceptors (Lipinski definition) is 6. The van der Waals surface area contributed by atoms with E-state index in [1.165, 1.54) is 11.1 Å². The molecule has 0 bridgehead atoms. The molecular formula is C22H21ClN4OS2. The van der Waals surface area contributed by atoms with Crippen LogP contribution < -0.4 is 4.74 Å². The average molecular weight is 457 g/mol. The summed E-state index contributed by atoms with van der Waals surface area (Å²) in [6, 6.07) is 15.6. The Balaban J connectivity index is 1.40. The van der Waals surface area contributed by atoms with Gasteiger partial charge in [0, 0.05) is 28.3 Å². The van der Waals surface area contributed by atoms with Gasteiger partial charge in [0.25, 0.3) is 0 Å². The lowest BCUT2D eigenvalue weighted by Gasteiger charge is -2.08. The average Bonchev–Trinajstić information content (AvgIpc) is 3.38. The number of thiazole rings is 1. The lowest BCUT2D eigenvalue weighted by Crippen LogP contribution is -2.07. The Morgan fingerprint density at radius 2 is 1.90 bits per heavy atom. The fourth-order valence-electron chi connectivity index (χ4n) is 2.98. The van der Waals surface area contributed by atoms with Crippen LogP contribution in [0, 0.1) is 6.92 Å². The van der Waals surface area contributed by atoms with Crippen LogP contribution in [0.2, 0.25) is 5.02 Å². The van der Waals surface area contributed by atoms with Crippen molar-refractivity contribution in [3.63, 3.8) is 0 Å². The third-order valence-electron chi connectivity index (χ3n) is 4.57. The van der Waals surface area contributed by atoms with Gasteiger partial charge in [0.05, 0.1) is 5.69 Å². The topological polar surface area (TPSA) is 52.8 Å². The van der Waals surface area contributed by atoms with Gasteiger partial charge >= 0.3 is 0 Å². The van der Waals surface area contributed by atoms with Crippen molar-refractivity contribution in [2.24, 2.45) is 0 Å². The molecule has 0 N–H and O–H groups in total. The Bertz CT molecular complexity index is 1120. The number of halogens is 1. The van der Waals surface area contributed by atoms with Crippen LogP contribution in [0.3, 0.4) is 0 Å². The van der Waals surface area contributed by atoms with Crippen LogP contribution in [-0.4, -0.2) is 19.7 Å². The number of aromatic nitrogens is 4. The second-order valence-electron chi connectivity index (χ2n) is 6.63. The highest BCUT2D eigenvalue weighted by Gasteiger charge is 2.14. The number of hydrogen-bond donors (Lipinski definition) is 0. The van der Waals surface area contributed by atoms with Crippen molar-refractivity contribution in [2.75, 3.05) is 0 Å². The standard InChI is InChI=1S/C22H21ClN4OS2/c1-3-27-20(12-28-18-10-8-16(23)9-11-18)25-26-22(27)30-14-17-13-29-21(24-17)19-7-5-4-6-15(19)2/h4-11,13H,3,12,14H2,1-2H3. The van der Waals surface area contributed by atoms with Gasteiger partial charge in [0.15, 0.2) is 11.0 Å². The molecule has 5 nitrogen and oxygen atoms in total. The Labute approximate surface area is 189 Å². The molecule has 154 valence electrons. The van der Waals surface area contributed by atoms with Gasteiger partial charge in [-0.25, -0.2) is 4.98 Å². The second-order valence-corrected chi connectivity index (χ2v) is 8.87. The lowest BCUT2D eigenvalue weighted by molar-refractivity contribution is 0.288. The van der Waals surface area contributed by atoms with Crippen molar-refractivity contribution >= 4 is 34.7 Å². The molecule has 0 aliphatic rings. The van der Waals surface area contributed by atoms with Crippen LogP contribution in [0.5, 0.6) is 5.75 Å². The zero-order chi connectivity index (χ0) is 20.9. The van der Waals surface area contributed by atoms with E-state index in [2.05, 4.69) is 58.3 Å².